The number of nitro groups is 1. The van der Waals surface area contributed by atoms with Crippen molar-refractivity contribution in [3.8, 4) is 0 Å². The van der Waals surface area contributed by atoms with Crippen LogP contribution in [0.25, 0.3) is 0 Å². The fraction of sp³-hybridized carbons (Fsp3) is 0.417. The Morgan fingerprint density at radius 1 is 1.56 bits per heavy atom. The van der Waals surface area contributed by atoms with Gasteiger partial charge in [0.25, 0.3) is 11.6 Å². The number of amides is 1. The molecule has 0 saturated heterocycles. The van der Waals surface area contributed by atoms with E-state index >= 15 is 0 Å². The summed E-state index contributed by atoms with van der Waals surface area (Å²) in [6.45, 7) is 1.61. The third-order valence-electron chi connectivity index (χ3n) is 3.15. The van der Waals surface area contributed by atoms with Crippen molar-refractivity contribution in [2.75, 3.05) is 5.88 Å². The topological polar surface area (TPSA) is 72.2 Å². The van der Waals surface area contributed by atoms with Crippen LogP contribution in [0.1, 0.15) is 28.8 Å². The van der Waals surface area contributed by atoms with E-state index < -0.39 is 10.8 Å². The SMILES string of the molecule is Cc1cccc(C(=O)NC2(CCl)CC2)c1[N+](=O)[O-]. The number of carbonyl (C=O) groups excluding carboxylic acids is 1. The van der Waals surface area contributed by atoms with Gasteiger partial charge < -0.3 is 5.32 Å². The normalized spacial score (nSPS) is 16.1. The van der Waals surface area contributed by atoms with Crippen LogP contribution in [0.4, 0.5) is 5.69 Å². The molecule has 5 nitrogen and oxygen atoms in total. The fourth-order valence-electron chi connectivity index (χ4n) is 1.84. The van der Waals surface area contributed by atoms with Gasteiger partial charge in [-0.2, -0.15) is 0 Å². The first-order chi connectivity index (χ1) is 8.49. The van der Waals surface area contributed by atoms with Crippen molar-refractivity contribution >= 4 is 23.2 Å². The number of para-hydroxylation sites is 1. The molecular formula is C12H13ClN2O3. The zero-order chi connectivity index (χ0) is 13.3. The van der Waals surface area contributed by atoms with Crippen LogP contribution in [0.3, 0.4) is 0 Å². The first-order valence-electron chi connectivity index (χ1n) is 5.61. The highest BCUT2D eigenvalue weighted by Crippen LogP contribution is 2.37. The maximum atomic E-state index is 12.1. The Morgan fingerprint density at radius 3 is 2.72 bits per heavy atom. The Hall–Kier alpha value is -1.62. The van der Waals surface area contributed by atoms with Crippen LogP contribution in [0.2, 0.25) is 0 Å². The molecule has 0 aromatic heterocycles. The number of aryl methyl sites for hydroxylation is 1. The van der Waals surface area contributed by atoms with Gasteiger partial charge in [-0.1, -0.05) is 12.1 Å². The van der Waals surface area contributed by atoms with E-state index in [0.717, 1.165) is 12.8 Å². The molecule has 0 atom stereocenters. The number of halogens is 1. The van der Waals surface area contributed by atoms with E-state index in [-0.39, 0.29) is 16.8 Å². The maximum absolute atomic E-state index is 12.1. The molecule has 1 N–H and O–H groups in total. The van der Waals surface area contributed by atoms with Crippen LogP contribution in [0.15, 0.2) is 18.2 Å². The average Bonchev–Trinajstić information content (AvgIpc) is 3.08. The van der Waals surface area contributed by atoms with E-state index in [4.69, 9.17) is 11.6 Å². The molecule has 0 bridgehead atoms. The molecule has 0 heterocycles. The summed E-state index contributed by atoms with van der Waals surface area (Å²) in [4.78, 5) is 22.5. The molecule has 0 unspecified atom stereocenters. The number of carbonyl (C=O) groups is 1. The highest BCUT2D eigenvalue weighted by molar-refractivity contribution is 6.19. The van der Waals surface area contributed by atoms with Crippen molar-refractivity contribution < 1.29 is 9.72 Å². The number of nitro benzene ring substituents is 1. The molecule has 1 aromatic rings. The smallest absolute Gasteiger partial charge is 0.285 e. The monoisotopic (exact) mass is 268 g/mol. The lowest BCUT2D eigenvalue weighted by Gasteiger charge is -2.14. The van der Waals surface area contributed by atoms with Crippen molar-refractivity contribution in [1.82, 2.24) is 5.32 Å². The van der Waals surface area contributed by atoms with E-state index in [1.807, 2.05) is 0 Å². The van der Waals surface area contributed by atoms with Gasteiger partial charge in [-0.15, -0.1) is 11.6 Å². The molecule has 1 saturated carbocycles. The maximum Gasteiger partial charge on any atom is 0.285 e. The molecule has 2 rings (SSSR count). The second-order valence-electron chi connectivity index (χ2n) is 4.60. The van der Waals surface area contributed by atoms with Crippen molar-refractivity contribution in [1.29, 1.82) is 0 Å². The molecule has 1 amide bonds. The summed E-state index contributed by atoms with van der Waals surface area (Å²) in [5, 5.41) is 13.8. The predicted octanol–water partition coefficient (Wildman–Crippen LogP) is 2.40. The lowest BCUT2D eigenvalue weighted by atomic mass is 10.1. The van der Waals surface area contributed by atoms with E-state index in [1.54, 1.807) is 19.1 Å². The largest absolute Gasteiger partial charge is 0.345 e. The number of nitrogens with one attached hydrogen (secondary N) is 1. The highest BCUT2D eigenvalue weighted by atomic mass is 35.5. The Bertz CT molecular complexity index is 512. The van der Waals surface area contributed by atoms with Crippen molar-refractivity contribution in [2.45, 2.75) is 25.3 Å². The Morgan fingerprint density at radius 2 is 2.22 bits per heavy atom. The summed E-state index contributed by atoms with van der Waals surface area (Å²) in [7, 11) is 0. The molecular weight excluding hydrogens is 256 g/mol. The minimum Gasteiger partial charge on any atom is -0.345 e. The first kappa shape index (κ1) is 12.8. The van der Waals surface area contributed by atoms with E-state index in [1.165, 1.54) is 6.07 Å². The standard InChI is InChI=1S/C12H13ClN2O3/c1-8-3-2-4-9(10(8)15(17)18)11(16)14-12(7-13)5-6-12/h2-4H,5-7H2,1H3,(H,14,16). The molecule has 0 radical (unpaired) electrons. The lowest BCUT2D eigenvalue weighted by Crippen LogP contribution is -2.38. The summed E-state index contributed by atoms with van der Waals surface area (Å²) < 4.78 is 0. The third kappa shape index (κ3) is 2.31. The summed E-state index contributed by atoms with van der Waals surface area (Å²) in [6.07, 6.45) is 1.64. The van der Waals surface area contributed by atoms with E-state index in [2.05, 4.69) is 5.32 Å². The first-order valence-corrected chi connectivity index (χ1v) is 6.15. The molecule has 0 spiro atoms. The average molecular weight is 269 g/mol. The molecule has 1 aliphatic rings. The quantitative estimate of drug-likeness (QED) is 0.518. The van der Waals surface area contributed by atoms with Gasteiger partial charge in [0.2, 0.25) is 0 Å². The zero-order valence-corrected chi connectivity index (χ0v) is 10.7. The van der Waals surface area contributed by atoms with E-state index in [9.17, 15) is 14.9 Å². The van der Waals surface area contributed by atoms with Gasteiger partial charge >= 0.3 is 0 Å². The van der Waals surface area contributed by atoms with Gasteiger partial charge in [-0.25, -0.2) is 0 Å². The summed E-state index contributed by atoms with van der Waals surface area (Å²) in [6, 6.07) is 4.71. The minimum atomic E-state index is -0.523. The zero-order valence-electron chi connectivity index (χ0n) is 9.90. The summed E-state index contributed by atoms with van der Waals surface area (Å²) in [5.41, 5.74) is 0.0659. The van der Waals surface area contributed by atoms with Gasteiger partial charge in [0, 0.05) is 11.4 Å². The molecule has 1 fully saturated rings. The van der Waals surface area contributed by atoms with Gasteiger partial charge in [0.1, 0.15) is 5.56 Å². The van der Waals surface area contributed by atoms with Crippen LogP contribution >= 0.6 is 11.6 Å². The Kier molecular flexibility index (Phi) is 3.26. The van der Waals surface area contributed by atoms with Gasteiger partial charge in [0.15, 0.2) is 0 Å². The predicted molar refractivity (Wildman–Crippen MR) is 68.0 cm³/mol. The minimum absolute atomic E-state index is 0.0939. The highest BCUT2D eigenvalue weighted by Gasteiger charge is 2.44. The van der Waals surface area contributed by atoms with Crippen LogP contribution in [-0.4, -0.2) is 22.2 Å². The number of nitrogens with zero attached hydrogens (tertiary/aromatic N) is 1. The van der Waals surface area contributed by atoms with Crippen LogP contribution in [-0.2, 0) is 0 Å². The molecule has 0 aliphatic heterocycles. The molecule has 18 heavy (non-hydrogen) atoms. The number of rotatable bonds is 4. The van der Waals surface area contributed by atoms with Crippen molar-refractivity contribution in [3.05, 3.63) is 39.4 Å². The molecule has 1 aromatic carbocycles. The van der Waals surface area contributed by atoms with Crippen LogP contribution < -0.4 is 5.32 Å². The number of hydrogen-bond acceptors (Lipinski definition) is 3. The second-order valence-corrected chi connectivity index (χ2v) is 4.86. The molecule has 96 valence electrons. The van der Waals surface area contributed by atoms with Gasteiger partial charge in [-0.3, -0.25) is 14.9 Å². The fourth-order valence-corrected chi connectivity index (χ4v) is 2.17. The number of hydrogen-bond donors (Lipinski definition) is 1. The number of alkyl halides is 1. The Labute approximate surface area is 109 Å². The van der Waals surface area contributed by atoms with Crippen LogP contribution in [0, 0.1) is 17.0 Å². The van der Waals surface area contributed by atoms with Crippen molar-refractivity contribution in [3.63, 3.8) is 0 Å². The van der Waals surface area contributed by atoms with E-state index in [0.29, 0.717) is 11.4 Å². The molecule has 6 heteroatoms. The second kappa shape index (κ2) is 4.57. The van der Waals surface area contributed by atoms with Crippen LogP contribution in [0.5, 0.6) is 0 Å². The van der Waals surface area contributed by atoms with Gasteiger partial charge in [0.05, 0.1) is 10.5 Å². The summed E-state index contributed by atoms with van der Waals surface area (Å²) in [5.74, 6) is -0.0956. The molecule has 1 aliphatic carbocycles. The third-order valence-corrected chi connectivity index (χ3v) is 3.66. The van der Waals surface area contributed by atoms with Gasteiger partial charge in [-0.05, 0) is 25.8 Å². The number of benzene rings is 1. The lowest BCUT2D eigenvalue weighted by molar-refractivity contribution is -0.385. The Balaban J connectivity index is 2.30. The summed E-state index contributed by atoms with van der Waals surface area (Å²) >= 11 is 5.77. The van der Waals surface area contributed by atoms with Crippen molar-refractivity contribution in [2.24, 2.45) is 0 Å².